The molecule has 0 aliphatic carbocycles. The number of aliphatic hydroxyl groups excluding tert-OH is 1. The predicted octanol–water partition coefficient (Wildman–Crippen LogP) is 0.579. The number of rotatable bonds is 8. The molecule has 0 saturated carbocycles. The van der Waals surface area contributed by atoms with Gasteiger partial charge in [0.15, 0.2) is 6.61 Å². The molecular weight excluding hydrogens is 234 g/mol. The predicted molar refractivity (Wildman–Crippen MR) is 67.4 cm³/mol. The van der Waals surface area contributed by atoms with E-state index in [9.17, 15) is 4.79 Å². The van der Waals surface area contributed by atoms with Crippen molar-refractivity contribution in [3.8, 4) is 5.75 Å². The molecule has 0 aliphatic heterocycles. The maximum atomic E-state index is 11.6. The van der Waals surface area contributed by atoms with Gasteiger partial charge < -0.3 is 19.9 Å². The molecule has 1 aromatic rings. The fraction of sp³-hybridized carbons (Fsp3) is 0.462. The molecule has 0 saturated heterocycles. The van der Waals surface area contributed by atoms with Crippen LogP contribution in [0.5, 0.6) is 5.75 Å². The first-order chi connectivity index (χ1) is 8.76. The molecule has 1 amide bonds. The van der Waals surface area contributed by atoms with E-state index in [0.29, 0.717) is 18.8 Å². The summed E-state index contributed by atoms with van der Waals surface area (Å²) in [7, 11) is 1.55. The monoisotopic (exact) mass is 253 g/mol. The third-order valence-electron chi connectivity index (χ3n) is 2.32. The Morgan fingerprint density at radius 3 is 2.72 bits per heavy atom. The van der Waals surface area contributed by atoms with Crippen LogP contribution in [-0.2, 0) is 9.53 Å². The lowest BCUT2D eigenvalue weighted by molar-refractivity contribution is -0.124. The van der Waals surface area contributed by atoms with Gasteiger partial charge in [0.05, 0.1) is 12.6 Å². The van der Waals surface area contributed by atoms with E-state index in [-0.39, 0.29) is 25.2 Å². The number of ether oxygens (including phenoxy) is 2. The maximum absolute atomic E-state index is 11.6. The summed E-state index contributed by atoms with van der Waals surface area (Å²) in [4.78, 5) is 11.6. The minimum atomic E-state index is -0.227. The number of carbonyl (C=O) groups is 1. The average molecular weight is 253 g/mol. The largest absolute Gasteiger partial charge is 0.484 e. The van der Waals surface area contributed by atoms with Crippen molar-refractivity contribution in [1.82, 2.24) is 5.32 Å². The fourth-order valence-corrected chi connectivity index (χ4v) is 1.49. The first-order valence-electron chi connectivity index (χ1n) is 5.83. The van der Waals surface area contributed by atoms with Crippen molar-refractivity contribution in [3.05, 3.63) is 30.3 Å². The van der Waals surface area contributed by atoms with Crippen LogP contribution < -0.4 is 10.1 Å². The fourth-order valence-electron chi connectivity index (χ4n) is 1.49. The van der Waals surface area contributed by atoms with E-state index in [1.54, 1.807) is 19.2 Å². The van der Waals surface area contributed by atoms with Gasteiger partial charge in [-0.1, -0.05) is 18.2 Å². The topological polar surface area (TPSA) is 67.8 Å². The van der Waals surface area contributed by atoms with E-state index in [1.165, 1.54) is 0 Å². The summed E-state index contributed by atoms with van der Waals surface area (Å²) in [5.74, 6) is 0.424. The van der Waals surface area contributed by atoms with Gasteiger partial charge >= 0.3 is 0 Å². The number of benzene rings is 1. The number of hydrogen-bond donors (Lipinski definition) is 2. The lowest BCUT2D eigenvalue weighted by Crippen LogP contribution is -2.41. The number of methoxy groups -OCH3 is 1. The zero-order valence-electron chi connectivity index (χ0n) is 10.5. The van der Waals surface area contributed by atoms with Gasteiger partial charge in [-0.3, -0.25) is 4.79 Å². The second-order valence-corrected chi connectivity index (χ2v) is 3.83. The summed E-state index contributed by atoms with van der Waals surface area (Å²) < 4.78 is 10.3. The highest BCUT2D eigenvalue weighted by atomic mass is 16.5. The minimum absolute atomic E-state index is 0.00779. The zero-order valence-corrected chi connectivity index (χ0v) is 10.5. The van der Waals surface area contributed by atoms with Crippen molar-refractivity contribution < 1.29 is 19.4 Å². The smallest absolute Gasteiger partial charge is 0.258 e. The molecule has 1 rings (SSSR count). The molecule has 2 N–H and O–H groups in total. The van der Waals surface area contributed by atoms with Crippen LogP contribution in [0.3, 0.4) is 0 Å². The van der Waals surface area contributed by atoms with E-state index in [1.807, 2.05) is 18.2 Å². The summed E-state index contributed by atoms with van der Waals surface area (Å²) in [6, 6.07) is 8.94. The Hall–Kier alpha value is -1.59. The summed E-state index contributed by atoms with van der Waals surface area (Å²) in [5.41, 5.74) is 0. The molecule has 100 valence electrons. The van der Waals surface area contributed by atoms with Gasteiger partial charge in [0.25, 0.3) is 5.91 Å². The lowest BCUT2D eigenvalue weighted by Gasteiger charge is -2.16. The van der Waals surface area contributed by atoms with Crippen molar-refractivity contribution in [3.63, 3.8) is 0 Å². The van der Waals surface area contributed by atoms with Crippen LogP contribution >= 0.6 is 0 Å². The highest BCUT2D eigenvalue weighted by Crippen LogP contribution is 2.07. The van der Waals surface area contributed by atoms with Gasteiger partial charge in [0.1, 0.15) is 5.75 Å². The quantitative estimate of drug-likeness (QED) is 0.711. The third-order valence-corrected chi connectivity index (χ3v) is 2.32. The zero-order chi connectivity index (χ0) is 13.2. The first kappa shape index (κ1) is 14.5. The van der Waals surface area contributed by atoms with Gasteiger partial charge in [-0.15, -0.1) is 0 Å². The summed E-state index contributed by atoms with van der Waals surface area (Å²) in [6.07, 6.45) is 0.463. The number of carbonyl (C=O) groups excluding carboxylic acids is 1. The molecule has 1 unspecified atom stereocenters. The normalized spacial score (nSPS) is 11.9. The molecule has 1 atom stereocenters. The molecule has 5 nitrogen and oxygen atoms in total. The number of aliphatic hydroxyl groups is 1. The molecule has 0 aromatic heterocycles. The Bertz CT molecular complexity index is 336. The van der Waals surface area contributed by atoms with Gasteiger partial charge in [0, 0.05) is 13.7 Å². The molecule has 0 heterocycles. The van der Waals surface area contributed by atoms with Crippen molar-refractivity contribution in [2.45, 2.75) is 12.5 Å². The Balaban J connectivity index is 2.31. The van der Waals surface area contributed by atoms with Crippen molar-refractivity contribution >= 4 is 5.91 Å². The standard InChI is InChI=1S/C13H19NO4/c1-17-9-11(7-8-15)14-13(16)10-18-12-5-3-2-4-6-12/h2-6,11,15H,7-10H2,1H3,(H,14,16). The molecule has 0 radical (unpaired) electrons. The van der Waals surface area contributed by atoms with Crippen LogP contribution in [0.2, 0.25) is 0 Å². The summed E-state index contributed by atoms with van der Waals surface area (Å²) in [5, 5.41) is 11.6. The SMILES string of the molecule is COCC(CCO)NC(=O)COc1ccccc1. The molecule has 1 aromatic carbocycles. The number of nitrogens with one attached hydrogen (secondary N) is 1. The van der Waals surface area contributed by atoms with Crippen molar-refractivity contribution in [2.75, 3.05) is 26.9 Å². The van der Waals surface area contributed by atoms with Crippen molar-refractivity contribution in [2.24, 2.45) is 0 Å². The molecule has 0 bridgehead atoms. The Kier molecular flexibility index (Phi) is 6.83. The summed E-state index contributed by atoms with van der Waals surface area (Å²) >= 11 is 0. The van der Waals surface area contributed by atoms with E-state index in [0.717, 1.165) is 0 Å². The van der Waals surface area contributed by atoms with Crippen molar-refractivity contribution in [1.29, 1.82) is 0 Å². The van der Waals surface area contributed by atoms with Gasteiger partial charge in [-0.25, -0.2) is 0 Å². The lowest BCUT2D eigenvalue weighted by atomic mass is 10.2. The second-order valence-electron chi connectivity index (χ2n) is 3.83. The Morgan fingerprint density at radius 2 is 2.11 bits per heavy atom. The molecule has 0 fully saturated rings. The molecule has 5 heteroatoms. The maximum Gasteiger partial charge on any atom is 0.258 e. The summed E-state index contributed by atoms with van der Waals surface area (Å²) in [6.45, 7) is 0.334. The highest BCUT2D eigenvalue weighted by molar-refractivity contribution is 5.77. The minimum Gasteiger partial charge on any atom is -0.484 e. The number of amides is 1. The number of para-hydroxylation sites is 1. The van der Waals surface area contributed by atoms with E-state index in [2.05, 4.69) is 5.32 Å². The molecule has 0 spiro atoms. The van der Waals surface area contributed by atoms with E-state index in [4.69, 9.17) is 14.6 Å². The highest BCUT2D eigenvalue weighted by Gasteiger charge is 2.11. The molecule has 0 aliphatic rings. The van der Waals surface area contributed by atoms with Gasteiger partial charge in [0.2, 0.25) is 0 Å². The van der Waals surface area contributed by atoms with E-state index >= 15 is 0 Å². The van der Waals surface area contributed by atoms with E-state index < -0.39 is 0 Å². The van der Waals surface area contributed by atoms with Gasteiger partial charge in [-0.2, -0.15) is 0 Å². The van der Waals surface area contributed by atoms with Gasteiger partial charge in [-0.05, 0) is 18.6 Å². The molecular formula is C13H19NO4. The third kappa shape index (κ3) is 5.65. The van der Waals surface area contributed by atoms with Crippen LogP contribution in [0.15, 0.2) is 30.3 Å². The average Bonchev–Trinajstić information content (AvgIpc) is 2.38. The number of hydrogen-bond acceptors (Lipinski definition) is 4. The van der Waals surface area contributed by atoms with Crippen LogP contribution in [0.4, 0.5) is 0 Å². The van der Waals surface area contributed by atoms with Crippen LogP contribution in [0.1, 0.15) is 6.42 Å². The second kappa shape index (κ2) is 8.49. The Labute approximate surface area is 107 Å². The Morgan fingerprint density at radius 1 is 1.39 bits per heavy atom. The van der Waals surface area contributed by atoms with Crippen LogP contribution in [-0.4, -0.2) is 44.0 Å². The molecule has 18 heavy (non-hydrogen) atoms. The van der Waals surface area contributed by atoms with Crippen LogP contribution in [0.25, 0.3) is 0 Å². The first-order valence-corrected chi connectivity index (χ1v) is 5.83. The van der Waals surface area contributed by atoms with Crippen LogP contribution in [0, 0.1) is 0 Å².